The summed E-state index contributed by atoms with van der Waals surface area (Å²) >= 11 is 0. The van der Waals surface area contributed by atoms with Crippen molar-refractivity contribution in [2.24, 2.45) is 0 Å². The molecule has 0 spiro atoms. The summed E-state index contributed by atoms with van der Waals surface area (Å²) in [4.78, 5) is 0. The average Bonchev–Trinajstić information content (AvgIpc) is 1.56. The SMILES string of the molecule is CC(C)(O)OC(F)C(F)(F)F. The van der Waals surface area contributed by atoms with Gasteiger partial charge in [0.05, 0.1) is 0 Å². The molecule has 11 heavy (non-hydrogen) atoms. The largest absolute Gasteiger partial charge is 0.445 e. The van der Waals surface area contributed by atoms with Crippen LogP contribution in [0, 0.1) is 0 Å². The number of hydrogen-bond donors (Lipinski definition) is 1. The fourth-order valence-electron chi connectivity index (χ4n) is 0.320. The van der Waals surface area contributed by atoms with Crippen molar-refractivity contribution in [3.8, 4) is 0 Å². The molecular formula is C5H8F4O2. The van der Waals surface area contributed by atoms with Gasteiger partial charge in [0.25, 0.3) is 6.36 Å². The molecule has 2 nitrogen and oxygen atoms in total. The summed E-state index contributed by atoms with van der Waals surface area (Å²) in [6, 6.07) is 0. The summed E-state index contributed by atoms with van der Waals surface area (Å²) in [7, 11) is 0. The van der Waals surface area contributed by atoms with Gasteiger partial charge in [-0.3, -0.25) is 0 Å². The second-order valence-corrected chi connectivity index (χ2v) is 2.42. The lowest BCUT2D eigenvalue weighted by Gasteiger charge is -2.22. The predicted molar refractivity (Wildman–Crippen MR) is 28.3 cm³/mol. The molecule has 1 atom stereocenters. The van der Waals surface area contributed by atoms with Gasteiger partial charge >= 0.3 is 6.18 Å². The Bertz CT molecular complexity index is 125. The standard InChI is InChI=1S/C5H8F4O2/c1-4(2,10)11-3(6)5(7,8)9/h3,10H,1-2H3. The van der Waals surface area contributed by atoms with Gasteiger partial charge in [-0.15, -0.1) is 0 Å². The molecule has 0 aliphatic carbocycles. The van der Waals surface area contributed by atoms with E-state index >= 15 is 0 Å². The lowest BCUT2D eigenvalue weighted by Crippen LogP contribution is -2.36. The van der Waals surface area contributed by atoms with Gasteiger partial charge in [-0.2, -0.15) is 13.2 Å². The van der Waals surface area contributed by atoms with Gasteiger partial charge in [-0.05, 0) is 13.8 Å². The molecule has 0 radical (unpaired) electrons. The highest BCUT2D eigenvalue weighted by Crippen LogP contribution is 2.26. The maximum atomic E-state index is 11.9. The van der Waals surface area contributed by atoms with Crippen LogP contribution in [0.15, 0.2) is 0 Å². The Morgan fingerprint density at radius 1 is 1.27 bits per heavy atom. The molecule has 6 heteroatoms. The fourth-order valence-corrected chi connectivity index (χ4v) is 0.320. The summed E-state index contributed by atoms with van der Waals surface area (Å²) in [5, 5.41) is 8.59. The van der Waals surface area contributed by atoms with E-state index in [2.05, 4.69) is 4.74 Å². The van der Waals surface area contributed by atoms with Gasteiger partial charge in [-0.1, -0.05) is 0 Å². The topological polar surface area (TPSA) is 29.5 Å². The molecule has 0 aromatic heterocycles. The summed E-state index contributed by atoms with van der Waals surface area (Å²) < 4.78 is 49.6. The van der Waals surface area contributed by atoms with Crippen molar-refractivity contribution in [2.75, 3.05) is 0 Å². The Balaban J connectivity index is 3.99. The molecular weight excluding hydrogens is 168 g/mol. The first-order valence-corrected chi connectivity index (χ1v) is 2.74. The quantitative estimate of drug-likeness (QED) is 0.511. The van der Waals surface area contributed by atoms with Crippen LogP contribution in [0.25, 0.3) is 0 Å². The number of aliphatic hydroxyl groups is 1. The van der Waals surface area contributed by atoms with Crippen molar-refractivity contribution >= 4 is 0 Å². The van der Waals surface area contributed by atoms with Crippen molar-refractivity contribution in [3.05, 3.63) is 0 Å². The zero-order chi connectivity index (χ0) is 9.28. The molecule has 0 saturated heterocycles. The molecule has 0 rings (SSSR count). The lowest BCUT2D eigenvalue weighted by molar-refractivity contribution is -0.330. The third kappa shape index (κ3) is 4.97. The van der Waals surface area contributed by atoms with Crippen LogP contribution in [-0.2, 0) is 4.74 Å². The summed E-state index contributed by atoms with van der Waals surface area (Å²) in [5.41, 5.74) is 0. The first-order valence-electron chi connectivity index (χ1n) is 2.74. The summed E-state index contributed by atoms with van der Waals surface area (Å²) in [6.07, 6.45) is -8.53. The first kappa shape index (κ1) is 10.6. The zero-order valence-electron chi connectivity index (χ0n) is 5.94. The Kier molecular flexibility index (Phi) is 2.85. The van der Waals surface area contributed by atoms with Crippen LogP contribution in [0.4, 0.5) is 17.6 Å². The van der Waals surface area contributed by atoms with Crippen LogP contribution in [-0.4, -0.2) is 23.4 Å². The van der Waals surface area contributed by atoms with Gasteiger partial charge in [0.1, 0.15) is 0 Å². The van der Waals surface area contributed by atoms with E-state index in [-0.39, 0.29) is 0 Å². The Morgan fingerprint density at radius 2 is 1.64 bits per heavy atom. The summed E-state index contributed by atoms with van der Waals surface area (Å²) in [6.45, 7) is 1.82. The highest BCUT2D eigenvalue weighted by molar-refractivity contribution is 4.58. The zero-order valence-corrected chi connectivity index (χ0v) is 5.94. The normalized spacial score (nSPS) is 16.6. The maximum absolute atomic E-state index is 11.9. The smallest absolute Gasteiger partial charge is 0.366 e. The highest BCUT2D eigenvalue weighted by Gasteiger charge is 2.44. The minimum Gasteiger partial charge on any atom is -0.366 e. The first-order chi connectivity index (χ1) is 4.63. The molecule has 0 aliphatic rings. The van der Waals surface area contributed by atoms with E-state index in [1.54, 1.807) is 0 Å². The van der Waals surface area contributed by atoms with Crippen LogP contribution in [0.3, 0.4) is 0 Å². The molecule has 1 N–H and O–H groups in total. The van der Waals surface area contributed by atoms with E-state index in [4.69, 9.17) is 5.11 Å². The van der Waals surface area contributed by atoms with E-state index in [0.29, 0.717) is 0 Å². The van der Waals surface area contributed by atoms with E-state index in [1.807, 2.05) is 0 Å². The molecule has 0 fully saturated rings. The number of alkyl halides is 4. The third-order valence-corrected chi connectivity index (χ3v) is 0.649. The van der Waals surface area contributed by atoms with Gasteiger partial charge in [-0.25, -0.2) is 4.39 Å². The van der Waals surface area contributed by atoms with Crippen LogP contribution < -0.4 is 0 Å². The van der Waals surface area contributed by atoms with Gasteiger partial charge in [0.2, 0.25) is 0 Å². The highest BCUT2D eigenvalue weighted by atomic mass is 19.4. The van der Waals surface area contributed by atoms with E-state index in [0.717, 1.165) is 13.8 Å². The number of halogens is 4. The molecule has 0 heterocycles. The van der Waals surface area contributed by atoms with Gasteiger partial charge in [0, 0.05) is 0 Å². The number of hydrogen-bond acceptors (Lipinski definition) is 2. The van der Waals surface area contributed by atoms with Gasteiger partial charge < -0.3 is 9.84 Å². The van der Waals surface area contributed by atoms with Crippen LogP contribution in [0.1, 0.15) is 13.8 Å². The molecule has 0 aromatic carbocycles. The molecule has 0 aliphatic heterocycles. The van der Waals surface area contributed by atoms with Crippen LogP contribution >= 0.6 is 0 Å². The van der Waals surface area contributed by atoms with E-state index in [1.165, 1.54) is 0 Å². The summed E-state index contributed by atoms with van der Waals surface area (Å²) in [5.74, 6) is -2.12. The van der Waals surface area contributed by atoms with Crippen molar-refractivity contribution in [3.63, 3.8) is 0 Å². The third-order valence-electron chi connectivity index (χ3n) is 0.649. The second-order valence-electron chi connectivity index (χ2n) is 2.42. The second kappa shape index (κ2) is 2.94. The molecule has 68 valence electrons. The minimum atomic E-state index is -5.08. The Hall–Kier alpha value is -0.360. The van der Waals surface area contributed by atoms with E-state index in [9.17, 15) is 17.6 Å². The lowest BCUT2D eigenvalue weighted by atomic mass is 10.4. The van der Waals surface area contributed by atoms with Crippen LogP contribution in [0.2, 0.25) is 0 Å². The Morgan fingerprint density at radius 3 is 1.73 bits per heavy atom. The monoisotopic (exact) mass is 176 g/mol. The number of ether oxygens (including phenoxy) is 1. The average molecular weight is 176 g/mol. The molecule has 1 unspecified atom stereocenters. The van der Waals surface area contributed by atoms with Crippen molar-refractivity contribution in [1.82, 2.24) is 0 Å². The Labute approximate surface area is 60.8 Å². The molecule has 0 saturated carbocycles. The fraction of sp³-hybridized carbons (Fsp3) is 1.00. The van der Waals surface area contributed by atoms with Crippen molar-refractivity contribution in [1.29, 1.82) is 0 Å². The molecule has 0 aromatic rings. The van der Waals surface area contributed by atoms with Gasteiger partial charge in [0.15, 0.2) is 5.79 Å². The van der Waals surface area contributed by atoms with Crippen molar-refractivity contribution in [2.45, 2.75) is 32.2 Å². The minimum absolute atomic E-state index is 0.908. The predicted octanol–water partition coefficient (Wildman–Crippen LogP) is 1.59. The van der Waals surface area contributed by atoms with Crippen molar-refractivity contribution < 1.29 is 27.4 Å². The van der Waals surface area contributed by atoms with Crippen LogP contribution in [0.5, 0.6) is 0 Å². The molecule has 0 amide bonds. The number of rotatable bonds is 2. The maximum Gasteiger partial charge on any atom is 0.445 e. The van der Waals surface area contributed by atoms with E-state index < -0.39 is 18.3 Å². The molecule has 0 bridgehead atoms.